The van der Waals surface area contributed by atoms with E-state index in [9.17, 15) is 4.79 Å². The summed E-state index contributed by atoms with van der Waals surface area (Å²) in [6.07, 6.45) is 7.92. The molecule has 0 aromatic carbocycles. The van der Waals surface area contributed by atoms with Crippen LogP contribution in [0, 0.1) is 17.3 Å². The second-order valence-electron chi connectivity index (χ2n) is 7.95. The standard InChI is InChI=1S/C19H30N2O/c1-14-9-16(12-19(3,4)11-14)10-18(22)21(5)15(2)17-7-6-8-20-13-17/h6-8,13-16H,9-12H2,1-5H3. The molecule has 0 bridgehead atoms. The van der Waals surface area contributed by atoms with Gasteiger partial charge in [0.05, 0.1) is 6.04 Å². The Kier molecular flexibility index (Phi) is 5.25. The zero-order chi connectivity index (χ0) is 16.3. The van der Waals surface area contributed by atoms with Crippen LogP contribution < -0.4 is 0 Å². The van der Waals surface area contributed by atoms with E-state index in [1.165, 1.54) is 12.8 Å². The van der Waals surface area contributed by atoms with Gasteiger partial charge in [0.2, 0.25) is 5.91 Å². The number of aromatic nitrogens is 1. The lowest BCUT2D eigenvalue weighted by atomic mass is 9.67. The molecule has 1 heterocycles. The first-order chi connectivity index (χ1) is 10.3. The minimum atomic E-state index is 0.0789. The average Bonchev–Trinajstić information content (AvgIpc) is 2.44. The van der Waals surface area contributed by atoms with Crippen LogP contribution in [0.5, 0.6) is 0 Å². The summed E-state index contributed by atoms with van der Waals surface area (Å²) < 4.78 is 0. The smallest absolute Gasteiger partial charge is 0.223 e. The van der Waals surface area contributed by atoms with Crippen molar-refractivity contribution in [2.24, 2.45) is 17.3 Å². The van der Waals surface area contributed by atoms with E-state index in [2.05, 4.69) is 32.7 Å². The van der Waals surface area contributed by atoms with Crippen LogP contribution in [0.15, 0.2) is 24.5 Å². The second kappa shape index (κ2) is 6.80. The zero-order valence-electron chi connectivity index (χ0n) is 14.7. The van der Waals surface area contributed by atoms with E-state index in [4.69, 9.17) is 0 Å². The van der Waals surface area contributed by atoms with E-state index in [-0.39, 0.29) is 11.9 Å². The van der Waals surface area contributed by atoms with Gasteiger partial charge in [-0.25, -0.2) is 0 Å². The van der Waals surface area contributed by atoms with E-state index in [0.29, 0.717) is 17.8 Å². The SMILES string of the molecule is CC1CC(CC(=O)N(C)C(C)c2cccnc2)CC(C)(C)C1. The van der Waals surface area contributed by atoms with Crippen molar-refractivity contribution in [1.82, 2.24) is 9.88 Å². The molecule has 1 fully saturated rings. The molecule has 2 rings (SSSR count). The van der Waals surface area contributed by atoms with Gasteiger partial charge >= 0.3 is 0 Å². The number of nitrogens with zero attached hydrogens (tertiary/aromatic N) is 2. The fourth-order valence-corrected chi connectivity index (χ4v) is 4.15. The van der Waals surface area contributed by atoms with Crippen molar-refractivity contribution in [3.63, 3.8) is 0 Å². The minimum Gasteiger partial charge on any atom is -0.339 e. The molecule has 1 aliphatic carbocycles. The van der Waals surface area contributed by atoms with Gasteiger partial charge in [0.25, 0.3) is 0 Å². The lowest BCUT2D eigenvalue weighted by Crippen LogP contribution is -2.34. The molecule has 3 heteroatoms. The molecule has 0 saturated heterocycles. The van der Waals surface area contributed by atoms with E-state index in [1.54, 1.807) is 6.20 Å². The molecule has 1 aromatic rings. The number of rotatable bonds is 4. The maximum absolute atomic E-state index is 12.6. The van der Waals surface area contributed by atoms with Gasteiger partial charge in [-0.1, -0.05) is 26.8 Å². The maximum atomic E-state index is 12.6. The van der Waals surface area contributed by atoms with Gasteiger partial charge in [-0.15, -0.1) is 0 Å². The first-order valence-electron chi connectivity index (χ1n) is 8.44. The summed E-state index contributed by atoms with van der Waals surface area (Å²) in [4.78, 5) is 18.7. The normalized spacial score (nSPS) is 25.5. The van der Waals surface area contributed by atoms with Crippen molar-refractivity contribution in [2.75, 3.05) is 7.05 Å². The second-order valence-corrected chi connectivity index (χ2v) is 7.95. The summed E-state index contributed by atoms with van der Waals surface area (Å²) in [5.41, 5.74) is 1.46. The van der Waals surface area contributed by atoms with Gasteiger partial charge in [0, 0.05) is 25.9 Å². The molecule has 122 valence electrons. The molecule has 3 unspecified atom stereocenters. The highest BCUT2D eigenvalue weighted by Gasteiger charge is 2.33. The van der Waals surface area contributed by atoms with Gasteiger partial charge in [0.1, 0.15) is 0 Å². The molecule has 0 N–H and O–H groups in total. The van der Waals surface area contributed by atoms with E-state index >= 15 is 0 Å². The Balaban J connectivity index is 1.96. The average molecular weight is 302 g/mol. The number of pyridine rings is 1. The fraction of sp³-hybridized carbons (Fsp3) is 0.684. The molecular weight excluding hydrogens is 272 g/mol. The Morgan fingerprint density at radius 1 is 1.45 bits per heavy atom. The summed E-state index contributed by atoms with van der Waals surface area (Å²) in [5, 5.41) is 0. The van der Waals surface area contributed by atoms with Crippen LogP contribution in [0.2, 0.25) is 0 Å². The van der Waals surface area contributed by atoms with Crippen molar-refractivity contribution >= 4 is 5.91 Å². The minimum absolute atomic E-state index is 0.0789. The third-order valence-electron chi connectivity index (χ3n) is 5.08. The topological polar surface area (TPSA) is 33.2 Å². The summed E-state index contributed by atoms with van der Waals surface area (Å²) >= 11 is 0. The highest BCUT2D eigenvalue weighted by Crippen LogP contribution is 2.43. The molecule has 1 amide bonds. The quantitative estimate of drug-likeness (QED) is 0.823. The Bertz CT molecular complexity index is 497. The molecule has 1 aliphatic rings. The van der Waals surface area contributed by atoms with Gasteiger partial charge in [-0.05, 0) is 55.1 Å². The van der Waals surface area contributed by atoms with Crippen LogP contribution in [-0.2, 0) is 4.79 Å². The first-order valence-corrected chi connectivity index (χ1v) is 8.44. The summed E-state index contributed by atoms with van der Waals surface area (Å²) in [6.45, 7) is 9.06. The molecule has 1 saturated carbocycles. The number of carbonyl (C=O) groups excluding carboxylic acids is 1. The Morgan fingerprint density at radius 3 is 2.77 bits per heavy atom. The third-order valence-corrected chi connectivity index (χ3v) is 5.08. The molecule has 3 atom stereocenters. The molecule has 0 radical (unpaired) electrons. The molecule has 0 aliphatic heterocycles. The van der Waals surface area contributed by atoms with Crippen LogP contribution in [0.4, 0.5) is 0 Å². The van der Waals surface area contributed by atoms with Crippen LogP contribution in [0.25, 0.3) is 0 Å². The third kappa shape index (κ3) is 4.31. The van der Waals surface area contributed by atoms with E-state index in [0.717, 1.165) is 17.9 Å². The van der Waals surface area contributed by atoms with E-state index in [1.807, 2.05) is 30.3 Å². The van der Waals surface area contributed by atoms with Crippen LogP contribution in [-0.4, -0.2) is 22.8 Å². The predicted octanol–water partition coefficient (Wildman–Crippen LogP) is 4.45. The first kappa shape index (κ1) is 17.0. The van der Waals surface area contributed by atoms with Crippen molar-refractivity contribution in [1.29, 1.82) is 0 Å². The highest BCUT2D eigenvalue weighted by atomic mass is 16.2. The molecule has 0 spiro atoms. The largest absolute Gasteiger partial charge is 0.339 e. The Labute approximate surface area is 135 Å². The van der Waals surface area contributed by atoms with Crippen molar-refractivity contribution in [3.05, 3.63) is 30.1 Å². The number of amides is 1. The van der Waals surface area contributed by atoms with Crippen LogP contribution in [0.1, 0.15) is 65.0 Å². The van der Waals surface area contributed by atoms with Gasteiger partial charge < -0.3 is 4.90 Å². The molecule has 1 aromatic heterocycles. The monoisotopic (exact) mass is 302 g/mol. The van der Waals surface area contributed by atoms with Crippen LogP contribution in [0.3, 0.4) is 0 Å². The van der Waals surface area contributed by atoms with Crippen molar-refractivity contribution < 1.29 is 4.79 Å². The van der Waals surface area contributed by atoms with E-state index < -0.39 is 0 Å². The molecule has 3 nitrogen and oxygen atoms in total. The number of hydrogen-bond acceptors (Lipinski definition) is 2. The van der Waals surface area contributed by atoms with Crippen molar-refractivity contribution in [2.45, 2.75) is 59.4 Å². The Hall–Kier alpha value is -1.38. The van der Waals surface area contributed by atoms with Crippen molar-refractivity contribution in [3.8, 4) is 0 Å². The summed E-state index contributed by atoms with van der Waals surface area (Å²) in [5.74, 6) is 1.50. The Morgan fingerprint density at radius 2 is 2.18 bits per heavy atom. The summed E-state index contributed by atoms with van der Waals surface area (Å²) in [6, 6.07) is 4.04. The van der Waals surface area contributed by atoms with Gasteiger partial charge in [0.15, 0.2) is 0 Å². The lowest BCUT2D eigenvalue weighted by Gasteiger charge is -2.39. The van der Waals surface area contributed by atoms with Gasteiger partial charge in [-0.3, -0.25) is 9.78 Å². The van der Waals surface area contributed by atoms with Crippen LogP contribution >= 0.6 is 0 Å². The number of hydrogen-bond donors (Lipinski definition) is 0. The maximum Gasteiger partial charge on any atom is 0.223 e. The fourth-order valence-electron chi connectivity index (χ4n) is 4.15. The predicted molar refractivity (Wildman–Crippen MR) is 90.3 cm³/mol. The lowest BCUT2D eigenvalue weighted by molar-refractivity contribution is -0.133. The van der Waals surface area contributed by atoms with Gasteiger partial charge in [-0.2, -0.15) is 0 Å². The molecular formula is C19H30N2O. The highest BCUT2D eigenvalue weighted by molar-refractivity contribution is 5.76. The molecule has 22 heavy (non-hydrogen) atoms. The summed E-state index contributed by atoms with van der Waals surface area (Å²) in [7, 11) is 1.91. The number of carbonyl (C=O) groups is 1. The zero-order valence-corrected chi connectivity index (χ0v) is 14.7.